The lowest BCUT2D eigenvalue weighted by atomic mass is 9.92. The van der Waals surface area contributed by atoms with E-state index >= 15 is 0 Å². The van der Waals surface area contributed by atoms with Gasteiger partial charge in [-0.2, -0.15) is 0 Å². The summed E-state index contributed by atoms with van der Waals surface area (Å²) in [5.74, 6) is 0. The van der Waals surface area contributed by atoms with Crippen LogP contribution in [0.2, 0.25) is 0 Å². The average Bonchev–Trinajstić information content (AvgIpc) is 2.09. The van der Waals surface area contributed by atoms with Gasteiger partial charge < -0.3 is 10.2 Å². The molecular formula is C6H10N2O. The summed E-state index contributed by atoms with van der Waals surface area (Å²) in [6.45, 7) is 3.94. The third-order valence-corrected chi connectivity index (χ3v) is 1.87. The molecule has 0 bridgehead atoms. The van der Waals surface area contributed by atoms with Crippen LogP contribution in [0.4, 0.5) is 0 Å². The predicted octanol–water partition coefficient (Wildman–Crippen LogP) is 0.125. The Bertz CT molecular complexity index is 160. The number of rotatable bonds is 0. The van der Waals surface area contributed by atoms with Gasteiger partial charge in [-0.3, -0.25) is 0 Å². The molecule has 0 unspecified atom stereocenters. The van der Waals surface area contributed by atoms with E-state index in [9.17, 15) is 0 Å². The van der Waals surface area contributed by atoms with Crippen LogP contribution >= 0.6 is 0 Å². The Labute approximate surface area is 54.1 Å². The monoisotopic (exact) mass is 126 g/mol. The molecule has 2 heterocycles. The van der Waals surface area contributed by atoms with Crippen LogP contribution in [0, 0.1) is 0 Å². The number of hydrogen-bond acceptors (Lipinski definition) is 3. The normalized spacial score (nSPS) is 29.2. The van der Waals surface area contributed by atoms with Gasteiger partial charge in [-0.1, -0.05) is 5.16 Å². The molecule has 2 aliphatic heterocycles. The molecule has 0 aromatic rings. The summed E-state index contributed by atoms with van der Waals surface area (Å²) in [5.41, 5.74) is 1.20. The number of oxime groups is 1. The van der Waals surface area contributed by atoms with Gasteiger partial charge in [0.25, 0.3) is 0 Å². The molecule has 1 fully saturated rings. The van der Waals surface area contributed by atoms with Crippen molar-refractivity contribution in [3.05, 3.63) is 0 Å². The second kappa shape index (κ2) is 1.48. The van der Waals surface area contributed by atoms with E-state index in [0.717, 1.165) is 25.2 Å². The van der Waals surface area contributed by atoms with Crippen molar-refractivity contribution in [1.82, 2.24) is 5.32 Å². The third kappa shape index (κ3) is 0.645. The Morgan fingerprint density at radius 2 is 2.44 bits per heavy atom. The maximum Gasteiger partial charge on any atom is 0.167 e. The molecule has 0 saturated carbocycles. The average molecular weight is 126 g/mol. The minimum absolute atomic E-state index is 0.0735. The van der Waals surface area contributed by atoms with Crippen LogP contribution in [-0.4, -0.2) is 24.4 Å². The Kier molecular flexibility index (Phi) is 0.858. The zero-order chi connectivity index (χ0) is 6.32. The molecule has 1 saturated heterocycles. The maximum atomic E-state index is 5.21. The molecule has 0 amide bonds. The highest BCUT2D eigenvalue weighted by atomic mass is 16.7. The van der Waals surface area contributed by atoms with Gasteiger partial charge in [0, 0.05) is 19.5 Å². The van der Waals surface area contributed by atoms with Crippen molar-refractivity contribution in [3.63, 3.8) is 0 Å². The van der Waals surface area contributed by atoms with Crippen LogP contribution in [0.5, 0.6) is 0 Å². The molecule has 0 aromatic carbocycles. The first kappa shape index (κ1) is 5.23. The largest absolute Gasteiger partial charge is 0.386 e. The first-order valence-electron chi connectivity index (χ1n) is 3.23. The molecule has 2 aliphatic rings. The first-order valence-corrected chi connectivity index (χ1v) is 3.23. The van der Waals surface area contributed by atoms with Crippen molar-refractivity contribution in [1.29, 1.82) is 0 Å². The standard InChI is InChI=1S/C6H10N2O/c1-5-2-6(9-8-5)3-7-4-6/h7H,2-4H2,1H3. The summed E-state index contributed by atoms with van der Waals surface area (Å²) in [6.07, 6.45) is 1.01. The summed E-state index contributed by atoms with van der Waals surface area (Å²) in [4.78, 5) is 5.21. The molecule has 0 aliphatic carbocycles. The van der Waals surface area contributed by atoms with Gasteiger partial charge in [-0.15, -0.1) is 0 Å². The molecule has 9 heavy (non-hydrogen) atoms. The van der Waals surface area contributed by atoms with Gasteiger partial charge in [0.15, 0.2) is 5.60 Å². The van der Waals surface area contributed by atoms with Crippen LogP contribution in [-0.2, 0) is 4.84 Å². The minimum atomic E-state index is 0.0735. The lowest BCUT2D eigenvalue weighted by Gasteiger charge is -2.35. The molecule has 1 spiro atoms. The SMILES string of the molecule is CC1=NOC2(CNC2)C1. The smallest absolute Gasteiger partial charge is 0.167 e. The summed E-state index contributed by atoms with van der Waals surface area (Å²) in [6, 6.07) is 0. The highest BCUT2D eigenvalue weighted by Crippen LogP contribution is 2.26. The third-order valence-electron chi connectivity index (χ3n) is 1.87. The zero-order valence-electron chi connectivity index (χ0n) is 5.48. The van der Waals surface area contributed by atoms with Gasteiger partial charge in [0.2, 0.25) is 0 Å². The fourth-order valence-corrected chi connectivity index (χ4v) is 1.30. The van der Waals surface area contributed by atoms with Gasteiger partial charge in [0.1, 0.15) is 0 Å². The Morgan fingerprint density at radius 3 is 2.67 bits per heavy atom. The molecule has 3 heteroatoms. The Balaban J connectivity index is 2.05. The van der Waals surface area contributed by atoms with Gasteiger partial charge >= 0.3 is 0 Å². The van der Waals surface area contributed by atoms with Crippen molar-refractivity contribution in [2.24, 2.45) is 5.16 Å². The summed E-state index contributed by atoms with van der Waals surface area (Å²) in [5, 5.41) is 7.05. The van der Waals surface area contributed by atoms with Crippen molar-refractivity contribution >= 4 is 5.71 Å². The van der Waals surface area contributed by atoms with Crippen LogP contribution < -0.4 is 5.32 Å². The van der Waals surface area contributed by atoms with Gasteiger partial charge in [-0.25, -0.2) is 0 Å². The van der Waals surface area contributed by atoms with E-state index in [0.29, 0.717) is 0 Å². The van der Waals surface area contributed by atoms with Crippen molar-refractivity contribution in [3.8, 4) is 0 Å². The molecule has 0 radical (unpaired) electrons. The van der Waals surface area contributed by atoms with Gasteiger partial charge in [-0.05, 0) is 6.92 Å². The first-order chi connectivity index (χ1) is 4.31. The van der Waals surface area contributed by atoms with E-state index in [-0.39, 0.29) is 5.60 Å². The van der Waals surface area contributed by atoms with E-state index in [4.69, 9.17) is 4.84 Å². The second-order valence-corrected chi connectivity index (χ2v) is 2.88. The summed E-state index contributed by atoms with van der Waals surface area (Å²) < 4.78 is 0. The van der Waals surface area contributed by atoms with E-state index < -0.39 is 0 Å². The molecular weight excluding hydrogens is 116 g/mol. The quantitative estimate of drug-likeness (QED) is 0.500. The van der Waals surface area contributed by atoms with Crippen LogP contribution in [0.15, 0.2) is 5.16 Å². The minimum Gasteiger partial charge on any atom is -0.386 e. The predicted molar refractivity (Wildman–Crippen MR) is 34.4 cm³/mol. The maximum absolute atomic E-state index is 5.21. The van der Waals surface area contributed by atoms with Crippen LogP contribution in [0.3, 0.4) is 0 Å². The summed E-state index contributed by atoms with van der Waals surface area (Å²) >= 11 is 0. The van der Waals surface area contributed by atoms with E-state index in [2.05, 4.69) is 10.5 Å². The summed E-state index contributed by atoms with van der Waals surface area (Å²) in [7, 11) is 0. The topological polar surface area (TPSA) is 33.6 Å². The fraction of sp³-hybridized carbons (Fsp3) is 0.833. The molecule has 0 aromatic heterocycles. The lowest BCUT2D eigenvalue weighted by molar-refractivity contribution is -0.0559. The van der Waals surface area contributed by atoms with Crippen molar-refractivity contribution in [2.75, 3.05) is 13.1 Å². The van der Waals surface area contributed by atoms with Crippen LogP contribution in [0.1, 0.15) is 13.3 Å². The highest BCUT2D eigenvalue weighted by molar-refractivity contribution is 5.83. The van der Waals surface area contributed by atoms with E-state index in [1.807, 2.05) is 6.92 Å². The fourth-order valence-electron chi connectivity index (χ4n) is 1.30. The Morgan fingerprint density at radius 1 is 1.67 bits per heavy atom. The van der Waals surface area contributed by atoms with E-state index in [1.54, 1.807) is 0 Å². The highest BCUT2D eigenvalue weighted by Gasteiger charge is 2.43. The van der Waals surface area contributed by atoms with Gasteiger partial charge in [0.05, 0.1) is 5.71 Å². The number of nitrogens with zero attached hydrogens (tertiary/aromatic N) is 1. The zero-order valence-corrected chi connectivity index (χ0v) is 5.48. The second-order valence-electron chi connectivity index (χ2n) is 2.88. The molecule has 3 nitrogen and oxygen atoms in total. The number of hydrogen-bond donors (Lipinski definition) is 1. The number of nitrogens with one attached hydrogen (secondary N) is 1. The van der Waals surface area contributed by atoms with Crippen LogP contribution in [0.25, 0.3) is 0 Å². The van der Waals surface area contributed by atoms with Crippen molar-refractivity contribution < 1.29 is 4.84 Å². The molecule has 2 rings (SSSR count). The van der Waals surface area contributed by atoms with E-state index in [1.165, 1.54) is 0 Å². The molecule has 0 atom stereocenters. The molecule has 1 N–H and O–H groups in total. The molecule has 50 valence electrons. The van der Waals surface area contributed by atoms with Crippen molar-refractivity contribution in [2.45, 2.75) is 18.9 Å². The lowest BCUT2D eigenvalue weighted by Crippen LogP contribution is -2.59. The Hall–Kier alpha value is -0.570.